The van der Waals surface area contributed by atoms with Crippen molar-refractivity contribution in [1.82, 2.24) is 15.5 Å². The van der Waals surface area contributed by atoms with E-state index in [1.54, 1.807) is 12.1 Å². The number of hydrogen-bond donors (Lipinski definition) is 2. The molecule has 0 aliphatic heterocycles. The number of nitrogens with two attached hydrogens (primary N) is 1. The van der Waals surface area contributed by atoms with Crippen LogP contribution < -0.4 is 11.1 Å². The number of carbonyl (C=O) groups is 1. The van der Waals surface area contributed by atoms with Gasteiger partial charge >= 0.3 is 0 Å². The van der Waals surface area contributed by atoms with Gasteiger partial charge in [0.2, 0.25) is 0 Å². The quantitative estimate of drug-likeness (QED) is 0.833. The van der Waals surface area contributed by atoms with Gasteiger partial charge in [-0.1, -0.05) is 13.8 Å². The molecule has 0 radical (unpaired) electrons. The summed E-state index contributed by atoms with van der Waals surface area (Å²) in [5, 5.41) is 10.5. The van der Waals surface area contributed by atoms with Gasteiger partial charge in [-0.3, -0.25) is 4.79 Å². The van der Waals surface area contributed by atoms with Crippen molar-refractivity contribution in [2.75, 3.05) is 5.73 Å². The summed E-state index contributed by atoms with van der Waals surface area (Å²) in [6.45, 7) is 4.47. The molecule has 1 aliphatic rings. The minimum atomic E-state index is -0.159. The lowest BCUT2D eigenvalue weighted by atomic mass is 9.80. The zero-order valence-corrected chi connectivity index (χ0v) is 10.9. The van der Waals surface area contributed by atoms with Crippen molar-refractivity contribution in [3.63, 3.8) is 0 Å². The van der Waals surface area contributed by atoms with Crippen molar-refractivity contribution in [1.29, 1.82) is 0 Å². The van der Waals surface area contributed by atoms with Crippen LogP contribution in [0.1, 0.15) is 43.6 Å². The van der Waals surface area contributed by atoms with Crippen molar-refractivity contribution in [2.24, 2.45) is 11.8 Å². The van der Waals surface area contributed by atoms with E-state index in [1.165, 1.54) is 6.42 Å². The third-order valence-corrected chi connectivity index (χ3v) is 3.43. The predicted octanol–water partition coefficient (Wildman–Crippen LogP) is 1.61. The first-order chi connectivity index (χ1) is 8.54. The highest BCUT2D eigenvalue weighted by Crippen LogP contribution is 2.28. The highest BCUT2D eigenvalue weighted by Gasteiger charge is 2.25. The number of nitrogens with zero attached hydrogens (tertiary/aromatic N) is 2. The fourth-order valence-electron chi connectivity index (χ4n) is 2.79. The van der Waals surface area contributed by atoms with Gasteiger partial charge < -0.3 is 11.1 Å². The zero-order chi connectivity index (χ0) is 13.1. The van der Waals surface area contributed by atoms with Gasteiger partial charge in [0.05, 0.1) is 0 Å². The SMILES string of the molecule is CC1CC(C)CC(NC(=O)c2ccc(N)nn2)C1. The summed E-state index contributed by atoms with van der Waals surface area (Å²) in [5.74, 6) is 1.49. The number of hydrogen-bond acceptors (Lipinski definition) is 4. The molecule has 18 heavy (non-hydrogen) atoms. The highest BCUT2D eigenvalue weighted by molar-refractivity contribution is 5.92. The molecule has 0 aromatic carbocycles. The van der Waals surface area contributed by atoms with Gasteiger partial charge in [0, 0.05) is 6.04 Å². The van der Waals surface area contributed by atoms with E-state index < -0.39 is 0 Å². The highest BCUT2D eigenvalue weighted by atomic mass is 16.2. The molecule has 1 heterocycles. The smallest absolute Gasteiger partial charge is 0.272 e. The van der Waals surface area contributed by atoms with Crippen molar-refractivity contribution in [2.45, 2.75) is 39.2 Å². The molecule has 0 saturated heterocycles. The van der Waals surface area contributed by atoms with Crippen LogP contribution in [0.25, 0.3) is 0 Å². The van der Waals surface area contributed by atoms with Gasteiger partial charge in [0.25, 0.3) is 5.91 Å². The molecular weight excluding hydrogens is 228 g/mol. The van der Waals surface area contributed by atoms with Crippen LogP contribution in [0.3, 0.4) is 0 Å². The maximum Gasteiger partial charge on any atom is 0.272 e. The lowest BCUT2D eigenvalue weighted by molar-refractivity contribution is 0.0905. The van der Waals surface area contributed by atoms with Gasteiger partial charge in [0.1, 0.15) is 5.82 Å². The van der Waals surface area contributed by atoms with Crippen LogP contribution >= 0.6 is 0 Å². The van der Waals surface area contributed by atoms with Gasteiger partial charge in [-0.05, 0) is 43.2 Å². The maximum absolute atomic E-state index is 12.0. The van der Waals surface area contributed by atoms with Crippen LogP contribution in [-0.2, 0) is 0 Å². The number of amides is 1. The second-order valence-corrected chi connectivity index (χ2v) is 5.43. The van der Waals surface area contributed by atoms with Crippen molar-refractivity contribution >= 4 is 11.7 Å². The van der Waals surface area contributed by atoms with Crippen LogP contribution in [0, 0.1) is 11.8 Å². The maximum atomic E-state index is 12.0. The molecule has 1 amide bonds. The molecule has 2 unspecified atom stereocenters. The Morgan fingerprint density at radius 3 is 2.44 bits per heavy atom. The summed E-state index contributed by atoms with van der Waals surface area (Å²) < 4.78 is 0. The molecule has 5 nitrogen and oxygen atoms in total. The van der Waals surface area contributed by atoms with Gasteiger partial charge in [-0.25, -0.2) is 0 Å². The number of aromatic nitrogens is 2. The second-order valence-electron chi connectivity index (χ2n) is 5.43. The second kappa shape index (κ2) is 5.33. The minimum absolute atomic E-state index is 0.159. The van der Waals surface area contributed by atoms with E-state index in [0.29, 0.717) is 23.3 Å². The molecule has 1 saturated carbocycles. The largest absolute Gasteiger partial charge is 0.382 e. The molecule has 0 spiro atoms. The number of rotatable bonds is 2. The first-order valence-electron chi connectivity index (χ1n) is 6.44. The van der Waals surface area contributed by atoms with E-state index in [1.807, 2.05) is 0 Å². The van der Waals surface area contributed by atoms with E-state index in [2.05, 4.69) is 29.4 Å². The van der Waals surface area contributed by atoms with Crippen LogP contribution in [0.15, 0.2) is 12.1 Å². The summed E-state index contributed by atoms with van der Waals surface area (Å²) in [7, 11) is 0. The number of nitrogens with one attached hydrogen (secondary N) is 1. The molecule has 1 aliphatic carbocycles. The van der Waals surface area contributed by atoms with Crippen LogP contribution in [0.4, 0.5) is 5.82 Å². The summed E-state index contributed by atoms with van der Waals surface area (Å²) in [6.07, 6.45) is 3.32. The van der Waals surface area contributed by atoms with E-state index in [4.69, 9.17) is 5.73 Å². The third kappa shape index (κ3) is 3.18. The van der Waals surface area contributed by atoms with Gasteiger partial charge in [-0.15, -0.1) is 10.2 Å². The Morgan fingerprint density at radius 2 is 1.89 bits per heavy atom. The fraction of sp³-hybridized carbons (Fsp3) is 0.615. The molecule has 3 N–H and O–H groups in total. The zero-order valence-electron chi connectivity index (χ0n) is 10.9. The standard InChI is InChI=1S/C13H20N4O/c1-8-5-9(2)7-10(6-8)15-13(18)11-3-4-12(14)17-16-11/h3-4,8-10H,5-7H2,1-2H3,(H2,14,17)(H,15,18). The average molecular weight is 248 g/mol. The van der Waals surface area contributed by atoms with Crippen LogP contribution in [0.5, 0.6) is 0 Å². The molecule has 2 atom stereocenters. The third-order valence-electron chi connectivity index (χ3n) is 3.43. The molecule has 98 valence electrons. The summed E-state index contributed by atoms with van der Waals surface area (Å²) in [5.41, 5.74) is 5.77. The van der Waals surface area contributed by atoms with E-state index in [-0.39, 0.29) is 11.9 Å². The van der Waals surface area contributed by atoms with Crippen LogP contribution in [0.2, 0.25) is 0 Å². The summed E-state index contributed by atoms with van der Waals surface area (Å²) >= 11 is 0. The molecule has 0 bridgehead atoms. The Bertz CT molecular complexity index is 408. The summed E-state index contributed by atoms with van der Waals surface area (Å²) in [4.78, 5) is 12.0. The van der Waals surface area contributed by atoms with E-state index >= 15 is 0 Å². The topological polar surface area (TPSA) is 80.9 Å². The first-order valence-corrected chi connectivity index (χ1v) is 6.44. The minimum Gasteiger partial charge on any atom is -0.382 e. The average Bonchev–Trinajstić information content (AvgIpc) is 2.28. The number of anilines is 1. The molecule has 1 aromatic heterocycles. The number of nitrogen functional groups attached to an aromatic ring is 1. The Hall–Kier alpha value is -1.65. The summed E-state index contributed by atoms with van der Waals surface area (Å²) in [6, 6.07) is 3.44. The molecular formula is C13H20N4O. The Morgan fingerprint density at radius 1 is 1.22 bits per heavy atom. The first kappa shape index (κ1) is 12.8. The van der Waals surface area contributed by atoms with Crippen molar-refractivity contribution in [3.05, 3.63) is 17.8 Å². The van der Waals surface area contributed by atoms with Crippen molar-refractivity contribution < 1.29 is 4.79 Å². The Kier molecular flexibility index (Phi) is 3.79. The van der Waals surface area contributed by atoms with Gasteiger partial charge in [0.15, 0.2) is 5.69 Å². The van der Waals surface area contributed by atoms with Gasteiger partial charge in [-0.2, -0.15) is 0 Å². The fourth-order valence-corrected chi connectivity index (χ4v) is 2.79. The van der Waals surface area contributed by atoms with E-state index in [0.717, 1.165) is 12.8 Å². The normalized spacial score (nSPS) is 27.8. The van der Waals surface area contributed by atoms with E-state index in [9.17, 15) is 4.79 Å². The predicted molar refractivity (Wildman–Crippen MR) is 69.9 cm³/mol. The molecule has 2 rings (SSSR count). The molecule has 5 heteroatoms. The number of carbonyl (C=O) groups excluding carboxylic acids is 1. The lowest BCUT2D eigenvalue weighted by Gasteiger charge is -2.31. The Labute approximate surface area is 107 Å². The molecule has 1 aromatic rings. The van der Waals surface area contributed by atoms with Crippen molar-refractivity contribution in [3.8, 4) is 0 Å². The lowest BCUT2D eigenvalue weighted by Crippen LogP contribution is -2.40. The van der Waals surface area contributed by atoms with Crippen LogP contribution in [-0.4, -0.2) is 22.1 Å². The molecule has 1 fully saturated rings. The Balaban J connectivity index is 1.96. The monoisotopic (exact) mass is 248 g/mol.